The standard InChI is InChI=1S/C15H19N3O4/c1-4-22-10-6-5-9(7-11(10)21-3)13-12(14(16)19)8(2)17-15(20)18-13/h5-7,13H,4H2,1-3H3,(H2,16,19)(H2,17,18,20)/t13-/m0/s1. The molecule has 7 nitrogen and oxygen atoms in total. The first-order valence-electron chi connectivity index (χ1n) is 6.86. The van der Waals surface area contributed by atoms with Gasteiger partial charge < -0.3 is 25.8 Å². The predicted octanol–water partition coefficient (Wildman–Crippen LogP) is 1.21. The molecule has 3 amide bonds. The summed E-state index contributed by atoms with van der Waals surface area (Å²) in [6.07, 6.45) is 0. The van der Waals surface area contributed by atoms with Crippen LogP contribution in [0, 0.1) is 0 Å². The molecule has 1 aliphatic rings. The molecule has 1 heterocycles. The van der Waals surface area contributed by atoms with E-state index >= 15 is 0 Å². The molecule has 1 aromatic rings. The first kappa shape index (κ1) is 15.7. The number of carbonyl (C=O) groups excluding carboxylic acids is 2. The van der Waals surface area contributed by atoms with Gasteiger partial charge in [-0.2, -0.15) is 0 Å². The molecule has 0 saturated carbocycles. The van der Waals surface area contributed by atoms with Crippen LogP contribution in [0.1, 0.15) is 25.5 Å². The maximum Gasteiger partial charge on any atom is 0.319 e. The van der Waals surface area contributed by atoms with Crippen molar-refractivity contribution in [3.63, 3.8) is 0 Å². The third-order valence-electron chi connectivity index (χ3n) is 3.36. The number of carbonyl (C=O) groups is 2. The smallest absolute Gasteiger partial charge is 0.319 e. The summed E-state index contributed by atoms with van der Waals surface area (Å²) in [5.74, 6) is 0.520. The molecule has 4 N–H and O–H groups in total. The minimum atomic E-state index is -0.629. The fourth-order valence-corrected chi connectivity index (χ4v) is 2.41. The minimum Gasteiger partial charge on any atom is -0.493 e. The van der Waals surface area contributed by atoms with Gasteiger partial charge in [-0.3, -0.25) is 4.79 Å². The number of urea groups is 1. The van der Waals surface area contributed by atoms with Gasteiger partial charge >= 0.3 is 6.03 Å². The van der Waals surface area contributed by atoms with Crippen LogP contribution < -0.4 is 25.8 Å². The normalized spacial score (nSPS) is 17.6. The lowest BCUT2D eigenvalue weighted by Gasteiger charge is -2.28. The highest BCUT2D eigenvalue weighted by Gasteiger charge is 2.30. The second-order valence-electron chi connectivity index (χ2n) is 4.78. The lowest BCUT2D eigenvalue weighted by molar-refractivity contribution is -0.115. The van der Waals surface area contributed by atoms with E-state index in [1.807, 2.05) is 6.92 Å². The Kier molecular flexibility index (Phi) is 4.55. The Balaban J connectivity index is 2.47. The van der Waals surface area contributed by atoms with E-state index in [1.54, 1.807) is 25.1 Å². The van der Waals surface area contributed by atoms with Crippen molar-refractivity contribution in [1.82, 2.24) is 10.6 Å². The van der Waals surface area contributed by atoms with Crippen molar-refractivity contribution in [3.8, 4) is 11.5 Å². The first-order chi connectivity index (χ1) is 10.5. The van der Waals surface area contributed by atoms with Crippen LogP contribution in [0.5, 0.6) is 11.5 Å². The Morgan fingerprint density at radius 1 is 1.36 bits per heavy atom. The number of methoxy groups -OCH3 is 1. The summed E-state index contributed by atoms with van der Waals surface area (Å²) < 4.78 is 10.8. The Hall–Kier alpha value is -2.70. The topological polar surface area (TPSA) is 103 Å². The third kappa shape index (κ3) is 2.98. The molecule has 1 atom stereocenters. The molecule has 0 bridgehead atoms. The lowest BCUT2D eigenvalue weighted by Crippen LogP contribution is -2.46. The molecule has 0 aliphatic carbocycles. The van der Waals surface area contributed by atoms with Crippen LogP contribution in [0.2, 0.25) is 0 Å². The summed E-state index contributed by atoms with van der Waals surface area (Å²) in [5, 5.41) is 5.24. The molecule has 118 valence electrons. The van der Waals surface area contributed by atoms with Gasteiger partial charge in [-0.1, -0.05) is 6.07 Å². The van der Waals surface area contributed by atoms with Crippen LogP contribution in [0.25, 0.3) is 0 Å². The van der Waals surface area contributed by atoms with Gasteiger partial charge in [0, 0.05) is 5.70 Å². The van der Waals surface area contributed by atoms with E-state index in [-0.39, 0.29) is 6.03 Å². The van der Waals surface area contributed by atoms with Crippen LogP contribution in [-0.2, 0) is 4.79 Å². The number of nitrogens with two attached hydrogens (primary N) is 1. The number of amides is 3. The van der Waals surface area contributed by atoms with E-state index in [2.05, 4.69) is 10.6 Å². The Labute approximate surface area is 128 Å². The number of rotatable bonds is 5. The fourth-order valence-electron chi connectivity index (χ4n) is 2.41. The van der Waals surface area contributed by atoms with Gasteiger partial charge in [0.15, 0.2) is 11.5 Å². The number of hydrogen-bond acceptors (Lipinski definition) is 4. The minimum absolute atomic E-state index is 0.311. The number of ether oxygens (including phenoxy) is 2. The van der Waals surface area contributed by atoms with Gasteiger partial charge in [-0.05, 0) is 31.5 Å². The number of allylic oxidation sites excluding steroid dienone is 1. The SMILES string of the molecule is CCOc1ccc([C@@H]2NC(=O)NC(C)=C2C(N)=O)cc1OC. The summed E-state index contributed by atoms with van der Waals surface area (Å²) in [5.41, 5.74) is 6.87. The van der Waals surface area contributed by atoms with E-state index in [4.69, 9.17) is 15.2 Å². The Morgan fingerprint density at radius 2 is 2.09 bits per heavy atom. The monoisotopic (exact) mass is 305 g/mol. The van der Waals surface area contributed by atoms with E-state index < -0.39 is 11.9 Å². The summed E-state index contributed by atoms with van der Waals surface area (Å²) in [6, 6.07) is 4.20. The van der Waals surface area contributed by atoms with Gasteiger partial charge in [0.05, 0.1) is 25.3 Å². The van der Waals surface area contributed by atoms with Crippen LogP contribution in [0.4, 0.5) is 4.79 Å². The fraction of sp³-hybridized carbons (Fsp3) is 0.333. The largest absolute Gasteiger partial charge is 0.493 e. The molecule has 0 unspecified atom stereocenters. The average Bonchev–Trinajstić information content (AvgIpc) is 2.46. The van der Waals surface area contributed by atoms with Crippen molar-refractivity contribution < 1.29 is 19.1 Å². The van der Waals surface area contributed by atoms with Crippen LogP contribution in [0.3, 0.4) is 0 Å². The quantitative estimate of drug-likeness (QED) is 0.760. The number of hydrogen-bond donors (Lipinski definition) is 3. The van der Waals surface area contributed by atoms with E-state index in [9.17, 15) is 9.59 Å². The maximum atomic E-state index is 11.7. The molecule has 0 spiro atoms. The van der Waals surface area contributed by atoms with Gasteiger partial charge in [0.25, 0.3) is 0 Å². The maximum absolute atomic E-state index is 11.7. The molecular formula is C15H19N3O4. The zero-order chi connectivity index (χ0) is 16.3. The lowest BCUT2D eigenvalue weighted by atomic mass is 9.95. The van der Waals surface area contributed by atoms with E-state index in [0.717, 1.165) is 0 Å². The van der Waals surface area contributed by atoms with Gasteiger partial charge in [-0.15, -0.1) is 0 Å². The van der Waals surface area contributed by atoms with Crippen molar-refractivity contribution in [2.24, 2.45) is 5.73 Å². The molecule has 22 heavy (non-hydrogen) atoms. The Morgan fingerprint density at radius 3 is 2.68 bits per heavy atom. The number of benzene rings is 1. The highest BCUT2D eigenvalue weighted by molar-refractivity contribution is 5.97. The van der Waals surface area contributed by atoms with Crippen molar-refractivity contribution in [3.05, 3.63) is 35.0 Å². The summed E-state index contributed by atoms with van der Waals surface area (Å²) in [4.78, 5) is 23.4. The van der Waals surface area contributed by atoms with Gasteiger partial charge in [-0.25, -0.2) is 4.79 Å². The van der Waals surface area contributed by atoms with Gasteiger partial charge in [0.2, 0.25) is 5.91 Å². The second kappa shape index (κ2) is 6.38. The number of nitrogens with one attached hydrogen (secondary N) is 2. The predicted molar refractivity (Wildman–Crippen MR) is 80.5 cm³/mol. The van der Waals surface area contributed by atoms with Crippen molar-refractivity contribution in [1.29, 1.82) is 0 Å². The zero-order valence-corrected chi connectivity index (χ0v) is 12.7. The van der Waals surface area contributed by atoms with Crippen LogP contribution >= 0.6 is 0 Å². The average molecular weight is 305 g/mol. The van der Waals surface area contributed by atoms with Crippen molar-refractivity contribution in [2.75, 3.05) is 13.7 Å². The van der Waals surface area contributed by atoms with E-state index in [1.165, 1.54) is 7.11 Å². The number of primary amides is 1. The molecule has 0 aromatic heterocycles. The Bertz CT molecular complexity index is 640. The third-order valence-corrected chi connectivity index (χ3v) is 3.36. The molecule has 7 heteroatoms. The van der Waals surface area contributed by atoms with Crippen molar-refractivity contribution in [2.45, 2.75) is 19.9 Å². The molecule has 0 radical (unpaired) electrons. The zero-order valence-electron chi connectivity index (χ0n) is 12.7. The summed E-state index contributed by atoms with van der Waals surface area (Å²) >= 11 is 0. The molecule has 1 aliphatic heterocycles. The van der Waals surface area contributed by atoms with E-state index in [0.29, 0.717) is 34.9 Å². The first-order valence-corrected chi connectivity index (χ1v) is 6.86. The van der Waals surface area contributed by atoms with Crippen LogP contribution in [-0.4, -0.2) is 25.7 Å². The summed E-state index contributed by atoms with van der Waals surface area (Å²) in [7, 11) is 1.53. The molecule has 0 fully saturated rings. The van der Waals surface area contributed by atoms with Crippen molar-refractivity contribution >= 4 is 11.9 Å². The molecule has 0 saturated heterocycles. The molecule has 2 rings (SSSR count). The highest BCUT2D eigenvalue weighted by atomic mass is 16.5. The highest BCUT2D eigenvalue weighted by Crippen LogP contribution is 2.33. The molecule has 1 aromatic carbocycles. The van der Waals surface area contributed by atoms with Gasteiger partial charge in [0.1, 0.15) is 0 Å². The second-order valence-corrected chi connectivity index (χ2v) is 4.78. The van der Waals surface area contributed by atoms with Crippen LogP contribution in [0.15, 0.2) is 29.5 Å². The summed E-state index contributed by atoms with van der Waals surface area (Å²) in [6.45, 7) is 4.01. The molecular weight excluding hydrogens is 286 g/mol.